The van der Waals surface area contributed by atoms with Crippen LogP contribution in [-0.2, 0) is 0 Å². The summed E-state index contributed by atoms with van der Waals surface area (Å²) >= 11 is 2.18. The second kappa shape index (κ2) is 4.89. The zero-order valence-electron chi connectivity index (χ0n) is 10.5. The molecule has 3 fully saturated rings. The second-order valence-corrected chi connectivity index (χ2v) is 7.53. The van der Waals surface area contributed by atoms with E-state index in [1.54, 1.807) is 0 Å². The van der Waals surface area contributed by atoms with Crippen LogP contribution in [0.25, 0.3) is 0 Å². The molecule has 1 N–H and O–H groups in total. The summed E-state index contributed by atoms with van der Waals surface area (Å²) < 4.78 is 0. The van der Waals surface area contributed by atoms with Crippen LogP contribution in [0.2, 0.25) is 0 Å². The zero-order chi connectivity index (χ0) is 11.0. The topological polar surface area (TPSA) is 12.0 Å². The van der Waals surface area contributed by atoms with Crippen LogP contribution in [0, 0.1) is 11.8 Å². The van der Waals surface area contributed by atoms with Gasteiger partial charge >= 0.3 is 0 Å². The minimum atomic E-state index is 0.857. The van der Waals surface area contributed by atoms with Gasteiger partial charge in [0.2, 0.25) is 0 Å². The van der Waals surface area contributed by atoms with E-state index in [2.05, 4.69) is 24.0 Å². The van der Waals surface area contributed by atoms with Crippen molar-refractivity contribution in [1.29, 1.82) is 0 Å². The van der Waals surface area contributed by atoms with E-state index in [1.165, 1.54) is 50.7 Å². The van der Waals surface area contributed by atoms with E-state index in [1.807, 2.05) is 0 Å². The predicted octanol–water partition coefficient (Wildman–Crippen LogP) is 3.44. The molecule has 0 saturated heterocycles. The van der Waals surface area contributed by atoms with E-state index in [-0.39, 0.29) is 0 Å². The molecule has 3 aliphatic carbocycles. The van der Waals surface area contributed by atoms with Gasteiger partial charge < -0.3 is 5.32 Å². The lowest BCUT2D eigenvalue weighted by Gasteiger charge is -2.23. The van der Waals surface area contributed by atoms with E-state index in [0.717, 1.165) is 29.2 Å². The lowest BCUT2D eigenvalue weighted by atomic mass is 10.1. The molecule has 0 amide bonds. The smallest absolute Gasteiger partial charge is 0.0126 e. The van der Waals surface area contributed by atoms with Gasteiger partial charge in [-0.3, -0.25) is 0 Å². The summed E-state index contributed by atoms with van der Waals surface area (Å²) in [6.07, 6.45) is 10.4. The number of nitrogens with one attached hydrogen (secondary N) is 1. The Morgan fingerprint density at radius 1 is 1.06 bits per heavy atom. The molecule has 2 unspecified atom stereocenters. The summed E-state index contributed by atoms with van der Waals surface area (Å²) in [6.45, 7) is 2.29. The molecule has 0 spiro atoms. The summed E-state index contributed by atoms with van der Waals surface area (Å²) in [5, 5.41) is 4.97. The van der Waals surface area contributed by atoms with Crippen molar-refractivity contribution in [2.24, 2.45) is 11.8 Å². The first-order valence-corrected chi connectivity index (χ1v) is 8.29. The van der Waals surface area contributed by atoms with E-state index in [0.29, 0.717) is 0 Å². The molecule has 16 heavy (non-hydrogen) atoms. The van der Waals surface area contributed by atoms with Crippen LogP contribution in [0.5, 0.6) is 0 Å². The molecule has 3 aliphatic rings. The Kier molecular flexibility index (Phi) is 3.49. The van der Waals surface area contributed by atoms with Crippen molar-refractivity contribution in [3.05, 3.63) is 0 Å². The molecule has 0 aromatic carbocycles. The highest BCUT2D eigenvalue weighted by Crippen LogP contribution is 2.45. The van der Waals surface area contributed by atoms with E-state index in [4.69, 9.17) is 0 Å². The molecule has 1 nitrogen and oxygen atoms in total. The Morgan fingerprint density at radius 3 is 2.31 bits per heavy atom. The van der Waals surface area contributed by atoms with Crippen LogP contribution in [0.1, 0.15) is 51.9 Å². The van der Waals surface area contributed by atoms with Gasteiger partial charge in [0, 0.05) is 17.3 Å². The first kappa shape index (κ1) is 11.4. The maximum atomic E-state index is 4.01. The van der Waals surface area contributed by atoms with E-state index in [9.17, 15) is 0 Å². The molecule has 2 atom stereocenters. The predicted molar refractivity (Wildman–Crippen MR) is 71.9 cm³/mol. The highest BCUT2D eigenvalue weighted by atomic mass is 32.2. The Balaban J connectivity index is 1.46. The fourth-order valence-electron chi connectivity index (χ4n) is 3.32. The molecule has 0 bridgehead atoms. The fourth-order valence-corrected chi connectivity index (χ4v) is 4.46. The Hall–Kier alpha value is 0.310. The molecule has 0 aromatic heterocycles. The second-order valence-electron chi connectivity index (χ2n) is 5.95. The number of thioether (sulfide) groups is 1. The van der Waals surface area contributed by atoms with Gasteiger partial charge in [-0.1, -0.05) is 6.92 Å². The summed E-state index contributed by atoms with van der Waals surface area (Å²) in [7, 11) is 0. The van der Waals surface area contributed by atoms with Gasteiger partial charge in [0.25, 0.3) is 0 Å². The van der Waals surface area contributed by atoms with Crippen LogP contribution in [-0.4, -0.2) is 23.1 Å². The molecule has 0 heterocycles. The first-order valence-electron chi connectivity index (χ1n) is 7.24. The van der Waals surface area contributed by atoms with Crippen molar-refractivity contribution in [3.63, 3.8) is 0 Å². The van der Waals surface area contributed by atoms with Gasteiger partial charge in [0.05, 0.1) is 0 Å². The molecule has 0 aliphatic heterocycles. The largest absolute Gasteiger partial charge is 0.311 e. The Morgan fingerprint density at radius 2 is 1.75 bits per heavy atom. The van der Waals surface area contributed by atoms with Crippen molar-refractivity contribution in [1.82, 2.24) is 5.32 Å². The molecule has 2 heteroatoms. The van der Waals surface area contributed by atoms with Crippen LogP contribution in [0.3, 0.4) is 0 Å². The van der Waals surface area contributed by atoms with Gasteiger partial charge in [-0.25, -0.2) is 0 Å². The third-order valence-corrected chi connectivity index (χ3v) is 5.71. The monoisotopic (exact) mass is 239 g/mol. The summed E-state index contributed by atoms with van der Waals surface area (Å²) in [4.78, 5) is 0. The number of rotatable bonds is 6. The van der Waals surface area contributed by atoms with Gasteiger partial charge in [0.1, 0.15) is 0 Å². The minimum Gasteiger partial charge on any atom is -0.311 e. The molecule has 0 radical (unpaired) electrons. The van der Waals surface area contributed by atoms with E-state index < -0.39 is 0 Å². The molecule has 3 saturated carbocycles. The van der Waals surface area contributed by atoms with Gasteiger partial charge in [-0.2, -0.15) is 11.8 Å². The normalized spacial score (nSPS) is 34.9. The lowest BCUT2D eigenvalue weighted by molar-refractivity contribution is 0.363. The summed E-state index contributed by atoms with van der Waals surface area (Å²) in [5.74, 6) is 3.42. The zero-order valence-corrected chi connectivity index (χ0v) is 11.3. The molecule has 92 valence electrons. The fraction of sp³-hybridized carbons (Fsp3) is 1.00. The highest BCUT2D eigenvalue weighted by molar-refractivity contribution is 7.99. The molecule has 3 rings (SSSR count). The third-order valence-electron chi connectivity index (χ3n) is 4.47. The Labute approximate surface area is 104 Å². The average molecular weight is 239 g/mol. The van der Waals surface area contributed by atoms with E-state index >= 15 is 0 Å². The number of hydrogen-bond donors (Lipinski definition) is 1. The van der Waals surface area contributed by atoms with Crippen LogP contribution < -0.4 is 5.32 Å². The van der Waals surface area contributed by atoms with Crippen LogP contribution in [0.4, 0.5) is 0 Å². The van der Waals surface area contributed by atoms with Gasteiger partial charge in [-0.05, 0) is 62.5 Å². The molecule has 0 aromatic rings. The third kappa shape index (κ3) is 2.76. The first-order chi connectivity index (χ1) is 7.86. The van der Waals surface area contributed by atoms with Crippen molar-refractivity contribution in [2.45, 2.75) is 69.2 Å². The lowest BCUT2D eigenvalue weighted by Crippen LogP contribution is -2.40. The Bertz CT molecular complexity index is 223. The maximum absolute atomic E-state index is 4.01. The van der Waals surface area contributed by atoms with Crippen molar-refractivity contribution in [2.75, 3.05) is 5.75 Å². The summed E-state index contributed by atoms with van der Waals surface area (Å²) in [6, 6.07) is 1.77. The van der Waals surface area contributed by atoms with Crippen molar-refractivity contribution < 1.29 is 0 Å². The maximum Gasteiger partial charge on any atom is 0.0126 e. The standard InChI is InChI=1S/C14H25NS/c1-2-16-13-8-7-12(9-13)15-14(10-3-4-10)11-5-6-11/h10-15H,2-9H2,1H3. The van der Waals surface area contributed by atoms with Crippen molar-refractivity contribution >= 4 is 11.8 Å². The summed E-state index contributed by atoms with van der Waals surface area (Å²) in [5.41, 5.74) is 0. The average Bonchev–Trinajstić information content (AvgIpc) is 3.17. The van der Waals surface area contributed by atoms with Gasteiger partial charge in [-0.15, -0.1) is 0 Å². The number of hydrogen-bond acceptors (Lipinski definition) is 2. The molecular weight excluding hydrogens is 214 g/mol. The highest BCUT2D eigenvalue weighted by Gasteiger charge is 2.42. The van der Waals surface area contributed by atoms with Crippen molar-refractivity contribution in [3.8, 4) is 0 Å². The molecular formula is C14H25NS. The van der Waals surface area contributed by atoms with Crippen LogP contribution in [0.15, 0.2) is 0 Å². The van der Waals surface area contributed by atoms with Crippen LogP contribution >= 0.6 is 11.8 Å². The van der Waals surface area contributed by atoms with Gasteiger partial charge in [0.15, 0.2) is 0 Å². The minimum absolute atomic E-state index is 0.857. The SMILES string of the molecule is CCSC1CCC(NC(C2CC2)C2CC2)C1. The quantitative estimate of drug-likeness (QED) is 0.762.